The van der Waals surface area contributed by atoms with Gasteiger partial charge in [0.2, 0.25) is 0 Å². The number of nitrogens with one attached hydrogen (secondary N) is 1. The first-order valence-corrected chi connectivity index (χ1v) is 8.21. The topological polar surface area (TPSA) is 34.2 Å². The standard InChI is InChI=1S/C15H26N2OS/c1-4-9-16-14-17-10-13(19-14)11-18-12-5-7-15(2,3)8-6-12/h10,12H,4-9,11H2,1-3H3,(H,16,17). The molecule has 0 aromatic carbocycles. The van der Waals surface area contributed by atoms with E-state index in [1.165, 1.54) is 30.6 Å². The molecule has 19 heavy (non-hydrogen) atoms. The van der Waals surface area contributed by atoms with E-state index in [-0.39, 0.29) is 0 Å². The lowest BCUT2D eigenvalue weighted by Crippen LogP contribution is -2.26. The fourth-order valence-electron chi connectivity index (χ4n) is 2.43. The van der Waals surface area contributed by atoms with E-state index in [0.29, 0.717) is 11.5 Å². The van der Waals surface area contributed by atoms with Crippen LogP contribution < -0.4 is 5.32 Å². The molecule has 0 saturated heterocycles. The van der Waals surface area contributed by atoms with Gasteiger partial charge in [0.25, 0.3) is 0 Å². The molecular weight excluding hydrogens is 256 g/mol. The van der Waals surface area contributed by atoms with Gasteiger partial charge in [-0.3, -0.25) is 0 Å². The van der Waals surface area contributed by atoms with Crippen LogP contribution in [0.5, 0.6) is 0 Å². The second-order valence-electron chi connectivity index (χ2n) is 6.23. The fraction of sp³-hybridized carbons (Fsp3) is 0.800. The zero-order valence-electron chi connectivity index (χ0n) is 12.4. The molecule has 1 aliphatic carbocycles. The lowest BCUT2D eigenvalue weighted by Gasteiger charge is -2.34. The van der Waals surface area contributed by atoms with Gasteiger partial charge < -0.3 is 10.1 Å². The summed E-state index contributed by atoms with van der Waals surface area (Å²) in [6.07, 6.45) is 8.48. The lowest BCUT2D eigenvalue weighted by molar-refractivity contribution is -0.00454. The minimum Gasteiger partial charge on any atom is -0.373 e. The molecule has 0 aliphatic heterocycles. The molecule has 4 heteroatoms. The van der Waals surface area contributed by atoms with Crippen molar-refractivity contribution in [3.05, 3.63) is 11.1 Å². The van der Waals surface area contributed by atoms with Crippen LogP contribution >= 0.6 is 11.3 Å². The summed E-state index contributed by atoms with van der Waals surface area (Å²) in [5.74, 6) is 0. The molecule has 2 rings (SSSR count). The number of anilines is 1. The first kappa shape index (κ1) is 14.8. The van der Waals surface area contributed by atoms with Gasteiger partial charge in [-0.05, 0) is 37.5 Å². The van der Waals surface area contributed by atoms with Crippen molar-refractivity contribution >= 4 is 16.5 Å². The highest BCUT2D eigenvalue weighted by Crippen LogP contribution is 2.36. The van der Waals surface area contributed by atoms with Crippen molar-refractivity contribution in [1.82, 2.24) is 4.98 Å². The maximum atomic E-state index is 6.02. The minimum absolute atomic E-state index is 0.446. The number of hydrogen-bond donors (Lipinski definition) is 1. The van der Waals surface area contributed by atoms with Gasteiger partial charge in [-0.1, -0.05) is 32.1 Å². The molecule has 1 aromatic heterocycles. The molecule has 108 valence electrons. The molecule has 0 spiro atoms. The largest absolute Gasteiger partial charge is 0.373 e. The number of thiazole rings is 1. The van der Waals surface area contributed by atoms with Crippen LogP contribution in [0.3, 0.4) is 0 Å². The van der Waals surface area contributed by atoms with Gasteiger partial charge in [0.1, 0.15) is 0 Å². The van der Waals surface area contributed by atoms with Crippen LogP contribution in [-0.2, 0) is 11.3 Å². The first-order valence-electron chi connectivity index (χ1n) is 7.39. The van der Waals surface area contributed by atoms with E-state index in [4.69, 9.17) is 4.74 Å². The Balaban J connectivity index is 1.72. The third kappa shape index (κ3) is 4.77. The maximum absolute atomic E-state index is 6.02. The summed E-state index contributed by atoms with van der Waals surface area (Å²) in [4.78, 5) is 5.59. The normalized spacial score (nSPS) is 19.5. The second-order valence-corrected chi connectivity index (χ2v) is 7.35. The third-order valence-corrected chi connectivity index (χ3v) is 4.76. The Morgan fingerprint density at radius 2 is 2.16 bits per heavy atom. The summed E-state index contributed by atoms with van der Waals surface area (Å²) >= 11 is 1.71. The van der Waals surface area contributed by atoms with E-state index in [9.17, 15) is 0 Å². The van der Waals surface area contributed by atoms with Crippen molar-refractivity contribution in [2.24, 2.45) is 5.41 Å². The van der Waals surface area contributed by atoms with Crippen molar-refractivity contribution in [2.75, 3.05) is 11.9 Å². The van der Waals surface area contributed by atoms with Crippen LogP contribution in [0.2, 0.25) is 0 Å². The van der Waals surface area contributed by atoms with E-state index in [2.05, 4.69) is 31.1 Å². The van der Waals surface area contributed by atoms with Crippen molar-refractivity contribution in [2.45, 2.75) is 65.6 Å². The number of aromatic nitrogens is 1. The molecule has 1 aromatic rings. The molecule has 0 radical (unpaired) electrons. The van der Waals surface area contributed by atoms with E-state index >= 15 is 0 Å². The van der Waals surface area contributed by atoms with E-state index < -0.39 is 0 Å². The second kappa shape index (κ2) is 6.71. The molecule has 0 unspecified atom stereocenters. The monoisotopic (exact) mass is 282 g/mol. The molecule has 1 fully saturated rings. The number of nitrogens with zero attached hydrogens (tertiary/aromatic N) is 1. The highest BCUT2D eigenvalue weighted by Gasteiger charge is 2.27. The quantitative estimate of drug-likeness (QED) is 0.837. The van der Waals surface area contributed by atoms with Gasteiger partial charge in [-0.25, -0.2) is 4.98 Å². The number of rotatable bonds is 6. The van der Waals surface area contributed by atoms with E-state index in [1.54, 1.807) is 11.3 Å². The van der Waals surface area contributed by atoms with Gasteiger partial charge in [0, 0.05) is 12.7 Å². The van der Waals surface area contributed by atoms with Crippen LogP contribution in [-0.4, -0.2) is 17.6 Å². The molecule has 1 N–H and O–H groups in total. The Labute approximate surface area is 120 Å². The summed E-state index contributed by atoms with van der Waals surface area (Å²) < 4.78 is 6.02. The van der Waals surface area contributed by atoms with Gasteiger partial charge in [-0.15, -0.1) is 0 Å². The van der Waals surface area contributed by atoms with Crippen molar-refractivity contribution in [3.63, 3.8) is 0 Å². The Bertz CT molecular complexity index is 379. The molecule has 0 atom stereocenters. The highest BCUT2D eigenvalue weighted by atomic mass is 32.1. The van der Waals surface area contributed by atoms with Gasteiger partial charge in [-0.2, -0.15) is 0 Å². The van der Waals surface area contributed by atoms with Crippen molar-refractivity contribution in [3.8, 4) is 0 Å². The third-order valence-electron chi connectivity index (χ3n) is 3.83. The van der Waals surface area contributed by atoms with Crippen LogP contribution in [0, 0.1) is 5.41 Å². The predicted octanol–water partition coefficient (Wildman–Crippen LogP) is 4.45. The predicted molar refractivity (Wildman–Crippen MR) is 81.7 cm³/mol. The van der Waals surface area contributed by atoms with Crippen molar-refractivity contribution in [1.29, 1.82) is 0 Å². The summed E-state index contributed by atoms with van der Waals surface area (Å²) in [6, 6.07) is 0. The van der Waals surface area contributed by atoms with Gasteiger partial charge >= 0.3 is 0 Å². The van der Waals surface area contributed by atoms with Gasteiger partial charge in [0.05, 0.1) is 17.6 Å². The lowest BCUT2D eigenvalue weighted by atomic mass is 9.76. The first-order chi connectivity index (χ1) is 9.09. The summed E-state index contributed by atoms with van der Waals surface area (Å²) in [5, 5.41) is 4.33. The Hall–Kier alpha value is -0.610. The van der Waals surface area contributed by atoms with Gasteiger partial charge in [0.15, 0.2) is 5.13 Å². The SMILES string of the molecule is CCCNc1ncc(COC2CCC(C)(C)CC2)s1. The van der Waals surface area contributed by atoms with Crippen LogP contribution in [0.15, 0.2) is 6.20 Å². The smallest absolute Gasteiger partial charge is 0.182 e. The zero-order valence-corrected chi connectivity index (χ0v) is 13.2. The number of ether oxygens (including phenoxy) is 1. The van der Waals surface area contributed by atoms with Crippen LogP contribution in [0.4, 0.5) is 5.13 Å². The molecule has 0 bridgehead atoms. The summed E-state index contributed by atoms with van der Waals surface area (Å²) in [5.41, 5.74) is 0.515. The van der Waals surface area contributed by atoms with Crippen molar-refractivity contribution < 1.29 is 4.74 Å². The highest BCUT2D eigenvalue weighted by molar-refractivity contribution is 7.15. The van der Waals surface area contributed by atoms with E-state index in [1.807, 2.05) is 6.20 Å². The molecule has 1 heterocycles. The van der Waals surface area contributed by atoms with Crippen LogP contribution in [0.25, 0.3) is 0 Å². The minimum atomic E-state index is 0.446. The van der Waals surface area contributed by atoms with E-state index in [0.717, 1.165) is 24.7 Å². The Morgan fingerprint density at radius 1 is 1.42 bits per heavy atom. The molecule has 1 saturated carbocycles. The summed E-state index contributed by atoms with van der Waals surface area (Å²) in [7, 11) is 0. The molecule has 0 amide bonds. The van der Waals surface area contributed by atoms with Crippen LogP contribution in [0.1, 0.15) is 57.8 Å². The maximum Gasteiger partial charge on any atom is 0.182 e. The molecule has 1 aliphatic rings. The zero-order chi connectivity index (χ0) is 13.7. The fourth-order valence-corrected chi connectivity index (χ4v) is 3.19. The summed E-state index contributed by atoms with van der Waals surface area (Å²) in [6.45, 7) is 8.59. The Morgan fingerprint density at radius 3 is 2.84 bits per heavy atom. The number of hydrogen-bond acceptors (Lipinski definition) is 4. The molecule has 3 nitrogen and oxygen atoms in total. The average molecular weight is 282 g/mol. The average Bonchev–Trinajstić information content (AvgIpc) is 2.83. The molecular formula is C15H26N2OS. The Kier molecular flexibility index (Phi) is 5.22.